The maximum Gasteiger partial charge on any atom is 0.240 e. The zero-order valence-electron chi connectivity index (χ0n) is 11.7. The smallest absolute Gasteiger partial charge is 0.240 e. The third kappa shape index (κ3) is 3.33. The molecule has 3 rings (SSSR count). The maximum atomic E-state index is 12.2. The molecule has 0 aliphatic heterocycles. The molecule has 21 heavy (non-hydrogen) atoms. The maximum absolute atomic E-state index is 12.2. The topological polar surface area (TPSA) is 72.2 Å². The van der Waals surface area contributed by atoms with E-state index in [9.17, 15) is 8.42 Å². The molecule has 1 aliphatic rings. The molecule has 1 aromatic carbocycles. The average molecular weight is 306 g/mol. The Bertz CT molecular complexity index is 762. The van der Waals surface area contributed by atoms with Crippen LogP contribution in [0.25, 0.3) is 11.1 Å². The predicted molar refractivity (Wildman–Crippen MR) is 80.4 cm³/mol. The van der Waals surface area contributed by atoms with Crippen molar-refractivity contribution in [3.05, 3.63) is 36.2 Å². The molecule has 0 radical (unpaired) electrons. The molecule has 0 atom stereocenters. The van der Waals surface area contributed by atoms with E-state index in [4.69, 9.17) is 4.42 Å². The van der Waals surface area contributed by atoms with E-state index in [-0.39, 0.29) is 4.90 Å². The van der Waals surface area contributed by atoms with Crippen molar-refractivity contribution in [3.63, 3.8) is 0 Å². The lowest BCUT2D eigenvalue weighted by molar-refractivity contribution is 0.577. The van der Waals surface area contributed by atoms with Gasteiger partial charge in [0.05, 0.1) is 4.90 Å². The van der Waals surface area contributed by atoms with E-state index >= 15 is 0 Å². The summed E-state index contributed by atoms with van der Waals surface area (Å²) in [4.78, 5) is 4.19. The fourth-order valence-electron chi connectivity index (χ4n) is 2.56. The molecule has 5 nitrogen and oxygen atoms in total. The van der Waals surface area contributed by atoms with Gasteiger partial charge in [-0.15, -0.1) is 0 Å². The lowest BCUT2D eigenvalue weighted by Gasteiger charge is -2.13. The van der Waals surface area contributed by atoms with Crippen LogP contribution in [0.5, 0.6) is 0 Å². The number of nitrogens with one attached hydrogen (secondary N) is 1. The van der Waals surface area contributed by atoms with Crippen LogP contribution in [-0.4, -0.2) is 19.9 Å². The first kappa shape index (κ1) is 14.3. The summed E-state index contributed by atoms with van der Waals surface area (Å²) in [6, 6.07) is 4.70. The standard InChI is InChI=1S/C15H18N2O3S/c18-21(19,17-9-8-12-4-2-1-3-5-12)13-6-7-14-15(10-13)20-11-16-14/h4,6-7,10-11,17H,1-3,5,8-9H2. The van der Waals surface area contributed by atoms with Crippen LogP contribution in [0.2, 0.25) is 0 Å². The summed E-state index contributed by atoms with van der Waals surface area (Å²) in [5, 5.41) is 0. The SMILES string of the molecule is O=S(=O)(NCCC1=CCCCC1)c1ccc2ncoc2c1. The highest BCUT2D eigenvalue weighted by atomic mass is 32.2. The molecule has 112 valence electrons. The third-order valence-electron chi connectivity index (χ3n) is 3.74. The second-order valence-electron chi connectivity index (χ2n) is 5.24. The Morgan fingerprint density at radius 2 is 2.19 bits per heavy atom. The van der Waals surface area contributed by atoms with Crippen LogP contribution in [0, 0.1) is 0 Å². The number of allylic oxidation sites excluding steroid dienone is 1. The third-order valence-corrected chi connectivity index (χ3v) is 5.19. The van der Waals surface area contributed by atoms with E-state index in [1.54, 1.807) is 12.1 Å². The van der Waals surface area contributed by atoms with Gasteiger partial charge in [0.25, 0.3) is 0 Å². The molecular weight excluding hydrogens is 288 g/mol. The number of benzene rings is 1. The quantitative estimate of drug-likeness (QED) is 0.862. The molecule has 2 aromatic rings. The van der Waals surface area contributed by atoms with E-state index in [0.717, 1.165) is 19.3 Å². The molecule has 0 fully saturated rings. The Kier molecular flexibility index (Phi) is 4.07. The zero-order chi connectivity index (χ0) is 14.7. The van der Waals surface area contributed by atoms with E-state index in [2.05, 4.69) is 15.8 Å². The summed E-state index contributed by atoms with van der Waals surface area (Å²) in [6.07, 6.45) is 8.98. The van der Waals surface area contributed by atoms with Gasteiger partial charge in [-0.3, -0.25) is 0 Å². The van der Waals surface area contributed by atoms with Crippen molar-refractivity contribution in [1.29, 1.82) is 0 Å². The number of nitrogens with zero attached hydrogens (tertiary/aromatic N) is 1. The fourth-order valence-corrected chi connectivity index (χ4v) is 3.61. The number of oxazole rings is 1. The van der Waals surface area contributed by atoms with E-state index in [1.807, 2.05) is 0 Å². The Balaban J connectivity index is 1.66. The predicted octanol–water partition coefficient (Wildman–Crippen LogP) is 3.00. The number of aromatic nitrogens is 1. The van der Waals surface area contributed by atoms with Crippen LogP contribution >= 0.6 is 0 Å². The van der Waals surface area contributed by atoms with Crippen molar-refractivity contribution in [3.8, 4) is 0 Å². The van der Waals surface area contributed by atoms with Crippen molar-refractivity contribution in [1.82, 2.24) is 9.71 Å². The highest BCUT2D eigenvalue weighted by molar-refractivity contribution is 7.89. The minimum atomic E-state index is -3.50. The van der Waals surface area contributed by atoms with Crippen LogP contribution in [0.15, 0.2) is 45.6 Å². The fraction of sp³-hybridized carbons (Fsp3) is 0.400. The van der Waals surface area contributed by atoms with Crippen LogP contribution < -0.4 is 4.72 Å². The molecule has 6 heteroatoms. The van der Waals surface area contributed by atoms with Gasteiger partial charge in [0.1, 0.15) is 5.52 Å². The minimum absolute atomic E-state index is 0.212. The number of hydrogen-bond donors (Lipinski definition) is 1. The molecule has 0 bridgehead atoms. The first-order valence-electron chi connectivity index (χ1n) is 7.16. The van der Waals surface area contributed by atoms with Crippen LogP contribution in [-0.2, 0) is 10.0 Å². The molecule has 0 saturated carbocycles. The summed E-state index contributed by atoms with van der Waals surface area (Å²) >= 11 is 0. The molecule has 0 amide bonds. The van der Waals surface area contributed by atoms with E-state index < -0.39 is 10.0 Å². The van der Waals surface area contributed by atoms with Crippen LogP contribution in [0.3, 0.4) is 0 Å². The van der Waals surface area contributed by atoms with Crippen molar-refractivity contribution in [2.24, 2.45) is 0 Å². The van der Waals surface area contributed by atoms with Crippen molar-refractivity contribution in [2.45, 2.75) is 37.0 Å². The van der Waals surface area contributed by atoms with Gasteiger partial charge in [0.15, 0.2) is 12.0 Å². The zero-order valence-corrected chi connectivity index (χ0v) is 12.5. The average Bonchev–Trinajstić information content (AvgIpc) is 2.95. The first-order chi connectivity index (χ1) is 10.1. The summed E-state index contributed by atoms with van der Waals surface area (Å²) in [5.41, 5.74) is 2.49. The highest BCUT2D eigenvalue weighted by Crippen LogP contribution is 2.20. The minimum Gasteiger partial charge on any atom is -0.443 e. The number of fused-ring (bicyclic) bond motifs is 1. The Hall–Kier alpha value is -1.66. The lowest BCUT2D eigenvalue weighted by atomic mass is 9.97. The van der Waals surface area contributed by atoms with Crippen molar-refractivity contribution in [2.75, 3.05) is 6.54 Å². The molecular formula is C15H18N2O3S. The largest absolute Gasteiger partial charge is 0.443 e. The Labute approximate surface area is 124 Å². The summed E-state index contributed by atoms with van der Waals surface area (Å²) in [7, 11) is -3.50. The molecule has 1 heterocycles. The normalized spacial score (nSPS) is 16.1. The molecule has 0 unspecified atom stereocenters. The Morgan fingerprint density at radius 1 is 1.29 bits per heavy atom. The number of rotatable bonds is 5. The van der Waals surface area contributed by atoms with E-state index in [1.165, 1.54) is 30.9 Å². The van der Waals surface area contributed by atoms with Gasteiger partial charge in [0, 0.05) is 12.6 Å². The summed E-state index contributed by atoms with van der Waals surface area (Å²) in [6.45, 7) is 0.433. The van der Waals surface area contributed by atoms with Gasteiger partial charge < -0.3 is 4.42 Å². The summed E-state index contributed by atoms with van der Waals surface area (Å²) in [5.74, 6) is 0. The molecule has 0 saturated heterocycles. The lowest BCUT2D eigenvalue weighted by Crippen LogP contribution is -2.25. The molecule has 0 spiro atoms. The van der Waals surface area contributed by atoms with E-state index in [0.29, 0.717) is 17.6 Å². The van der Waals surface area contributed by atoms with Crippen molar-refractivity contribution >= 4 is 21.1 Å². The first-order valence-corrected chi connectivity index (χ1v) is 8.64. The molecule has 1 aliphatic carbocycles. The molecule has 1 aromatic heterocycles. The second-order valence-corrected chi connectivity index (χ2v) is 7.00. The monoisotopic (exact) mass is 306 g/mol. The molecule has 1 N–H and O–H groups in total. The van der Waals surface area contributed by atoms with Gasteiger partial charge in [-0.05, 0) is 44.2 Å². The second kappa shape index (κ2) is 5.99. The van der Waals surface area contributed by atoms with Gasteiger partial charge in [-0.1, -0.05) is 11.6 Å². The number of sulfonamides is 1. The van der Waals surface area contributed by atoms with Crippen LogP contribution in [0.1, 0.15) is 32.1 Å². The van der Waals surface area contributed by atoms with Crippen LogP contribution in [0.4, 0.5) is 0 Å². The number of hydrogen-bond acceptors (Lipinski definition) is 4. The van der Waals surface area contributed by atoms with Crippen molar-refractivity contribution < 1.29 is 12.8 Å². The van der Waals surface area contributed by atoms with Gasteiger partial charge in [0.2, 0.25) is 10.0 Å². The van der Waals surface area contributed by atoms with Gasteiger partial charge >= 0.3 is 0 Å². The van der Waals surface area contributed by atoms with Gasteiger partial charge in [-0.25, -0.2) is 18.1 Å². The van der Waals surface area contributed by atoms with Gasteiger partial charge in [-0.2, -0.15) is 0 Å². The highest BCUT2D eigenvalue weighted by Gasteiger charge is 2.15. The summed E-state index contributed by atoms with van der Waals surface area (Å²) < 4.78 is 32.3. The Morgan fingerprint density at radius 3 is 3.00 bits per heavy atom.